The Labute approximate surface area is 95.4 Å². The van der Waals surface area contributed by atoms with Crippen molar-refractivity contribution in [2.45, 2.75) is 25.8 Å². The maximum Gasteiger partial charge on any atom is 0.142 e. The Hall–Kier alpha value is -0.800. The van der Waals surface area contributed by atoms with E-state index in [9.17, 15) is 0 Å². The first-order chi connectivity index (χ1) is 7.17. The topological polar surface area (TPSA) is 31.4 Å². The summed E-state index contributed by atoms with van der Waals surface area (Å²) in [6.45, 7) is 4.43. The number of halogens is 1. The molecule has 0 saturated carbocycles. The summed E-state index contributed by atoms with van der Waals surface area (Å²) in [5.74, 6) is 1.09. The first-order valence-electron chi connectivity index (χ1n) is 4.85. The van der Waals surface area contributed by atoms with E-state index in [0.29, 0.717) is 12.5 Å². The van der Waals surface area contributed by atoms with Gasteiger partial charge in [-0.3, -0.25) is 4.98 Å². The predicted octanol–water partition coefficient (Wildman–Crippen LogP) is 2.54. The molecular weight excluding hydrogens is 214 g/mol. The molecule has 1 aromatic heterocycles. The normalized spacial score (nSPS) is 12.5. The van der Waals surface area contributed by atoms with Gasteiger partial charge < -0.3 is 9.47 Å². The van der Waals surface area contributed by atoms with Crippen LogP contribution in [0.2, 0.25) is 0 Å². The summed E-state index contributed by atoms with van der Waals surface area (Å²) >= 11 is 5.79. The molecule has 1 atom stereocenters. The fraction of sp³-hybridized carbons (Fsp3) is 0.545. The number of pyridine rings is 1. The molecule has 0 spiro atoms. The highest BCUT2D eigenvalue weighted by atomic mass is 35.5. The molecule has 0 aliphatic carbocycles. The lowest BCUT2D eigenvalue weighted by molar-refractivity contribution is 0.0912. The highest BCUT2D eigenvalue weighted by Gasteiger charge is 2.08. The molecule has 84 valence electrons. The molecule has 0 radical (unpaired) electrons. The molecule has 1 rings (SSSR count). The molecule has 0 saturated heterocycles. The summed E-state index contributed by atoms with van der Waals surface area (Å²) in [4.78, 5) is 4.31. The molecule has 0 amide bonds. The van der Waals surface area contributed by atoms with Crippen molar-refractivity contribution in [1.82, 2.24) is 4.98 Å². The van der Waals surface area contributed by atoms with Crippen LogP contribution < -0.4 is 4.74 Å². The van der Waals surface area contributed by atoms with Crippen molar-refractivity contribution >= 4 is 11.6 Å². The number of ether oxygens (including phenoxy) is 2. The van der Waals surface area contributed by atoms with Crippen LogP contribution in [-0.2, 0) is 10.6 Å². The van der Waals surface area contributed by atoms with Gasteiger partial charge in [0.1, 0.15) is 11.9 Å². The van der Waals surface area contributed by atoms with Gasteiger partial charge in [-0.25, -0.2) is 0 Å². The van der Waals surface area contributed by atoms with Gasteiger partial charge in [0, 0.05) is 12.8 Å². The molecule has 15 heavy (non-hydrogen) atoms. The largest absolute Gasteiger partial charge is 0.486 e. The molecule has 0 fully saturated rings. The molecule has 1 aromatic rings. The third-order valence-corrected chi connectivity index (χ3v) is 2.18. The van der Waals surface area contributed by atoms with E-state index >= 15 is 0 Å². The van der Waals surface area contributed by atoms with E-state index in [0.717, 1.165) is 17.1 Å². The second kappa shape index (κ2) is 5.93. The third kappa shape index (κ3) is 3.68. The summed E-state index contributed by atoms with van der Waals surface area (Å²) in [7, 11) is 1.65. The van der Waals surface area contributed by atoms with Crippen LogP contribution in [0.25, 0.3) is 0 Å². The van der Waals surface area contributed by atoms with Crippen molar-refractivity contribution in [3.05, 3.63) is 23.5 Å². The summed E-state index contributed by atoms with van der Waals surface area (Å²) < 4.78 is 10.7. The van der Waals surface area contributed by atoms with Crippen LogP contribution in [0.1, 0.15) is 18.3 Å². The zero-order valence-corrected chi connectivity index (χ0v) is 10.0. The van der Waals surface area contributed by atoms with Crippen molar-refractivity contribution < 1.29 is 9.47 Å². The van der Waals surface area contributed by atoms with Crippen LogP contribution in [0, 0.1) is 6.92 Å². The Morgan fingerprint density at radius 3 is 2.80 bits per heavy atom. The Morgan fingerprint density at radius 1 is 1.47 bits per heavy atom. The molecule has 4 heteroatoms. The van der Waals surface area contributed by atoms with E-state index in [1.165, 1.54) is 0 Å². The number of hydrogen-bond donors (Lipinski definition) is 0. The fourth-order valence-corrected chi connectivity index (χ4v) is 1.48. The maximum atomic E-state index is 5.79. The Kier molecular flexibility index (Phi) is 4.85. The van der Waals surface area contributed by atoms with Crippen LogP contribution in [0.5, 0.6) is 5.75 Å². The summed E-state index contributed by atoms with van der Waals surface area (Å²) in [6.07, 6.45) is 0.00136. The standard InChI is InChI=1S/C11H16ClNO2/c1-8-4-5-11(10(6-12)13-8)15-9(2)7-14-3/h4-5,9H,6-7H2,1-3H3. The lowest BCUT2D eigenvalue weighted by atomic mass is 10.3. The van der Waals surface area contributed by atoms with E-state index in [2.05, 4.69) is 4.98 Å². The van der Waals surface area contributed by atoms with Crippen LogP contribution in [0.3, 0.4) is 0 Å². The molecule has 0 bridgehead atoms. The van der Waals surface area contributed by atoms with E-state index in [4.69, 9.17) is 21.1 Å². The maximum absolute atomic E-state index is 5.79. The van der Waals surface area contributed by atoms with Gasteiger partial charge in [0.2, 0.25) is 0 Å². The van der Waals surface area contributed by atoms with Gasteiger partial charge in [0.15, 0.2) is 0 Å². The average molecular weight is 230 g/mol. The Morgan fingerprint density at radius 2 is 2.20 bits per heavy atom. The molecule has 3 nitrogen and oxygen atoms in total. The summed E-state index contributed by atoms with van der Waals surface area (Å²) in [5, 5.41) is 0. The number of rotatable bonds is 5. The smallest absolute Gasteiger partial charge is 0.142 e. The predicted molar refractivity (Wildman–Crippen MR) is 60.5 cm³/mol. The van der Waals surface area contributed by atoms with Gasteiger partial charge in [0.05, 0.1) is 18.2 Å². The average Bonchev–Trinajstić information content (AvgIpc) is 2.21. The minimum absolute atomic E-state index is 0.00136. The number of nitrogens with zero attached hydrogens (tertiary/aromatic N) is 1. The number of aryl methyl sites for hydroxylation is 1. The molecule has 0 N–H and O–H groups in total. The minimum atomic E-state index is 0.00136. The van der Waals surface area contributed by atoms with Crippen molar-refractivity contribution in [3.63, 3.8) is 0 Å². The van der Waals surface area contributed by atoms with E-state index in [1.807, 2.05) is 26.0 Å². The van der Waals surface area contributed by atoms with Crippen molar-refractivity contribution in [2.24, 2.45) is 0 Å². The first-order valence-corrected chi connectivity index (χ1v) is 5.39. The zero-order chi connectivity index (χ0) is 11.3. The SMILES string of the molecule is COCC(C)Oc1ccc(C)nc1CCl. The van der Waals surface area contributed by atoms with Crippen LogP contribution >= 0.6 is 11.6 Å². The van der Waals surface area contributed by atoms with Gasteiger partial charge in [-0.15, -0.1) is 11.6 Å². The van der Waals surface area contributed by atoms with Gasteiger partial charge in [-0.2, -0.15) is 0 Å². The second-order valence-corrected chi connectivity index (χ2v) is 3.68. The highest BCUT2D eigenvalue weighted by molar-refractivity contribution is 6.17. The summed E-state index contributed by atoms with van der Waals surface area (Å²) in [5.41, 5.74) is 1.72. The molecule has 0 aliphatic heterocycles. The van der Waals surface area contributed by atoms with Crippen molar-refractivity contribution in [3.8, 4) is 5.75 Å². The monoisotopic (exact) mass is 229 g/mol. The van der Waals surface area contributed by atoms with Gasteiger partial charge in [-0.05, 0) is 26.0 Å². The number of alkyl halides is 1. The fourth-order valence-electron chi connectivity index (χ4n) is 1.29. The van der Waals surface area contributed by atoms with Gasteiger partial charge in [-0.1, -0.05) is 0 Å². The van der Waals surface area contributed by atoms with E-state index < -0.39 is 0 Å². The number of hydrogen-bond acceptors (Lipinski definition) is 3. The molecule has 1 heterocycles. The summed E-state index contributed by atoms with van der Waals surface area (Å²) in [6, 6.07) is 3.80. The quantitative estimate of drug-likeness (QED) is 0.728. The van der Waals surface area contributed by atoms with Crippen molar-refractivity contribution in [2.75, 3.05) is 13.7 Å². The van der Waals surface area contributed by atoms with Gasteiger partial charge >= 0.3 is 0 Å². The minimum Gasteiger partial charge on any atom is -0.486 e. The second-order valence-electron chi connectivity index (χ2n) is 3.41. The number of methoxy groups -OCH3 is 1. The van der Waals surface area contributed by atoms with Gasteiger partial charge in [0.25, 0.3) is 0 Å². The molecule has 0 aliphatic rings. The molecular formula is C11H16ClNO2. The van der Waals surface area contributed by atoms with Crippen LogP contribution in [0.4, 0.5) is 0 Å². The Balaban J connectivity index is 2.75. The van der Waals surface area contributed by atoms with Crippen LogP contribution in [-0.4, -0.2) is 24.8 Å². The van der Waals surface area contributed by atoms with Crippen LogP contribution in [0.15, 0.2) is 12.1 Å². The highest BCUT2D eigenvalue weighted by Crippen LogP contribution is 2.20. The molecule has 1 unspecified atom stereocenters. The lowest BCUT2D eigenvalue weighted by Gasteiger charge is -2.15. The van der Waals surface area contributed by atoms with E-state index in [-0.39, 0.29) is 6.10 Å². The third-order valence-electron chi connectivity index (χ3n) is 1.93. The van der Waals surface area contributed by atoms with Crippen molar-refractivity contribution in [1.29, 1.82) is 0 Å². The lowest BCUT2D eigenvalue weighted by Crippen LogP contribution is -2.18. The molecule has 0 aromatic carbocycles. The van der Waals surface area contributed by atoms with E-state index in [1.54, 1.807) is 7.11 Å². The zero-order valence-electron chi connectivity index (χ0n) is 9.29. The number of aromatic nitrogens is 1. The first kappa shape index (κ1) is 12.3. The Bertz CT molecular complexity index is 317.